The molecular formula is C34H37N5O2S. The van der Waals surface area contributed by atoms with E-state index in [0.29, 0.717) is 24.5 Å². The van der Waals surface area contributed by atoms with Crippen LogP contribution < -0.4 is 10.2 Å². The van der Waals surface area contributed by atoms with Crippen molar-refractivity contribution in [1.82, 2.24) is 20.2 Å². The average molecular weight is 580 g/mol. The van der Waals surface area contributed by atoms with Crippen LogP contribution in [0.15, 0.2) is 102 Å². The van der Waals surface area contributed by atoms with Gasteiger partial charge in [-0.05, 0) is 23.3 Å². The van der Waals surface area contributed by atoms with Crippen LogP contribution >= 0.6 is 11.8 Å². The van der Waals surface area contributed by atoms with Gasteiger partial charge in [-0.1, -0.05) is 96.7 Å². The van der Waals surface area contributed by atoms with E-state index in [-0.39, 0.29) is 5.91 Å². The highest BCUT2D eigenvalue weighted by atomic mass is 32.2. The molecule has 1 amide bonds. The topological polar surface area (TPSA) is 70.6 Å². The summed E-state index contributed by atoms with van der Waals surface area (Å²) in [5.41, 5.74) is 4.91. The van der Waals surface area contributed by atoms with E-state index in [4.69, 9.17) is 14.7 Å². The van der Waals surface area contributed by atoms with Gasteiger partial charge in [-0.3, -0.25) is 9.69 Å². The van der Waals surface area contributed by atoms with E-state index in [0.717, 1.165) is 60.5 Å². The molecule has 0 bridgehead atoms. The van der Waals surface area contributed by atoms with Gasteiger partial charge in [0.25, 0.3) is 5.91 Å². The number of piperazine rings is 1. The Morgan fingerprint density at radius 2 is 1.69 bits per heavy atom. The molecule has 42 heavy (non-hydrogen) atoms. The second-order valence-corrected chi connectivity index (χ2v) is 11.0. The first-order chi connectivity index (χ1) is 20.7. The van der Waals surface area contributed by atoms with Crippen LogP contribution in [0, 0.1) is 0 Å². The van der Waals surface area contributed by atoms with Crippen molar-refractivity contribution in [2.75, 3.05) is 57.9 Å². The van der Waals surface area contributed by atoms with Crippen molar-refractivity contribution in [3.63, 3.8) is 0 Å². The van der Waals surface area contributed by atoms with E-state index in [9.17, 15) is 4.79 Å². The van der Waals surface area contributed by atoms with Crippen molar-refractivity contribution in [2.24, 2.45) is 0 Å². The van der Waals surface area contributed by atoms with Gasteiger partial charge in [-0.15, -0.1) is 0 Å². The molecule has 0 spiro atoms. The normalized spacial score (nSPS) is 13.9. The van der Waals surface area contributed by atoms with Crippen LogP contribution in [0.1, 0.15) is 21.5 Å². The molecule has 0 unspecified atom stereocenters. The standard InChI is InChI=1S/C34H37N5O2S/c1-41-23-17-35-33(40)30-16-8-12-28(24-30)26-42-34-36-31(29-14-6-3-7-15-29)25-32(37-34)39-21-19-38(20-22-39)18-9-13-27-10-4-2-5-11-27/h2-16,24-25H,17-23,26H2,1H3,(H,35,40)/b13-9+. The lowest BCUT2D eigenvalue weighted by atomic mass is 10.1. The summed E-state index contributed by atoms with van der Waals surface area (Å²) in [5, 5.41) is 3.61. The van der Waals surface area contributed by atoms with Crippen LogP contribution in [0.2, 0.25) is 0 Å². The summed E-state index contributed by atoms with van der Waals surface area (Å²) in [6.45, 7) is 5.68. The number of hydrogen-bond acceptors (Lipinski definition) is 7. The molecule has 1 aliphatic heterocycles. The van der Waals surface area contributed by atoms with Gasteiger partial charge in [0.05, 0.1) is 12.3 Å². The predicted molar refractivity (Wildman–Crippen MR) is 172 cm³/mol. The van der Waals surface area contributed by atoms with Crippen LogP contribution in [0.5, 0.6) is 0 Å². The number of anilines is 1. The number of methoxy groups -OCH3 is 1. The molecule has 4 aromatic rings. The van der Waals surface area contributed by atoms with Crippen molar-refractivity contribution < 1.29 is 9.53 Å². The number of thioether (sulfide) groups is 1. The molecule has 1 N–H and O–H groups in total. The van der Waals surface area contributed by atoms with Crippen LogP contribution in [0.25, 0.3) is 17.3 Å². The maximum atomic E-state index is 12.5. The van der Waals surface area contributed by atoms with Gasteiger partial charge in [0.15, 0.2) is 5.16 Å². The van der Waals surface area contributed by atoms with Crippen molar-refractivity contribution in [3.05, 3.63) is 114 Å². The highest BCUT2D eigenvalue weighted by Gasteiger charge is 2.19. The zero-order valence-corrected chi connectivity index (χ0v) is 24.8. The highest BCUT2D eigenvalue weighted by molar-refractivity contribution is 7.98. The number of amides is 1. The third kappa shape index (κ3) is 8.52. The molecule has 0 aliphatic carbocycles. The maximum Gasteiger partial charge on any atom is 0.251 e. The monoisotopic (exact) mass is 579 g/mol. The van der Waals surface area contributed by atoms with E-state index in [1.807, 2.05) is 48.5 Å². The molecule has 0 saturated carbocycles. The van der Waals surface area contributed by atoms with Crippen molar-refractivity contribution in [1.29, 1.82) is 0 Å². The number of hydrogen-bond donors (Lipinski definition) is 1. The molecule has 7 nitrogen and oxygen atoms in total. The molecule has 216 valence electrons. The molecule has 0 atom stereocenters. The number of nitrogens with zero attached hydrogens (tertiary/aromatic N) is 4. The second-order valence-electron chi connectivity index (χ2n) is 10.1. The summed E-state index contributed by atoms with van der Waals surface area (Å²) in [6, 6.07) is 30.5. The molecule has 1 aliphatic rings. The summed E-state index contributed by atoms with van der Waals surface area (Å²) in [7, 11) is 1.62. The SMILES string of the molecule is COCCNC(=O)c1cccc(CSc2nc(-c3ccccc3)cc(N3CCN(C/C=C/c4ccccc4)CC3)n2)c1. The molecule has 1 fully saturated rings. The van der Waals surface area contributed by atoms with E-state index in [1.54, 1.807) is 18.9 Å². The lowest BCUT2D eigenvalue weighted by Gasteiger charge is -2.35. The minimum atomic E-state index is -0.0989. The smallest absolute Gasteiger partial charge is 0.251 e. The molecule has 1 aromatic heterocycles. The Morgan fingerprint density at radius 1 is 0.929 bits per heavy atom. The number of nitrogens with one attached hydrogen (secondary N) is 1. The Bertz CT molecular complexity index is 1460. The van der Waals surface area contributed by atoms with Crippen LogP contribution in [-0.2, 0) is 10.5 Å². The predicted octanol–water partition coefficient (Wildman–Crippen LogP) is 5.65. The van der Waals surface area contributed by atoms with Gasteiger partial charge >= 0.3 is 0 Å². The number of aromatic nitrogens is 2. The van der Waals surface area contributed by atoms with Crippen LogP contribution in [-0.4, -0.2) is 73.8 Å². The Kier molecular flexibility index (Phi) is 10.8. The van der Waals surface area contributed by atoms with Gasteiger partial charge < -0.3 is 15.0 Å². The zero-order chi connectivity index (χ0) is 29.0. The summed E-state index contributed by atoms with van der Waals surface area (Å²) in [6.07, 6.45) is 4.44. The molecule has 5 rings (SSSR count). The summed E-state index contributed by atoms with van der Waals surface area (Å²) >= 11 is 1.59. The highest BCUT2D eigenvalue weighted by Crippen LogP contribution is 2.28. The fourth-order valence-corrected chi connectivity index (χ4v) is 5.57. The molecule has 2 heterocycles. The first kappa shape index (κ1) is 29.5. The third-order valence-corrected chi connectivity index (χ3v) is 8.00. The molecule has 1 saturated heterocycles. The van der Waals surface area contributed by atoms with E-state index in [2.05, 4.69) is 69.7 Å². The number of carbonyl (C=O) groups excluding carboxylic acids is 1. The van der Waals surface area contributed by atoms with E-state index < -0.39 is 0 Å². The number of carbonyl (C=O) groups is 1. The largest absolute Gasteiger partial charge is 0.383 e. The number of benzene rings is 3. The first-order valence-corrected chi connectivity index (χ1v) is 15.3. The van der Waals surface area contributed by atoms with Crippen molar-refractivity contribution in [2.45, 2.75) is 10.9 Å². The van der Waals surface area contributed by atoms with Gasteiger partial charge in [-0.2, -0.15) is 0 Å². The summed E-state index contributed by atoms with van der Waals surface area (Å²) in [5.74, 6) is 1.52. The molecule has 8 heteroatoms. The van der Waals surface area contributed by atoms with Gasteiger partial charge in [0.2, 0.25) is 0 Å². The maximum absolute atomic E-state index is 12.5. The van der Waals surface area contributed by atoms with Crippen LogP contribution in [0.3, 0.4) is 0 Å². The Balaban J connectivity index is 1.25. The van der Waals surface area contributed by atoms with E-state index >= 15 is 0 Å². The molecule has 0 radical (unpaired) electrons. The third-order valence-electron chi connectivity index (χ3n) is 7.08. The van der Waals surface area contributed by atoms with Crippen molar-refractivity contribution >= 4 is 29.6 Å². The minimum absolute atomic E-state index is 0.0989. The lowest BCUT2D eigenvalue weighted by Crippen LogP contribution is -2.46. The number of rotatable bonds is 12. The van der Waals surface area contributed by atoms with Gasteiger partial charge in [0, 0.05) is 69.3 Å². The van der Waals surface area contributed by atoms with Gasteiger partial charge in [-0.25, -0.2) is 9.97 Å². The first-order valence-electron chi connectivity index (χ1n) is 14.3. The average Bonchev–Trinajstić information content (AvgIpc) is 3.05. The molecule has 3 aromatic carbocycles. The lowest BCUT2D eigenvalue weighted by molar-refractivity contribution is 0.0937. The Morgan fingerprint density at radius 3 is 2.45 bits per heavy atom. The summed E-state index contributed by atoms with van der Waals surface area (Å²) < 4.78 is 5.03. The number of ether oxygens (including phenoxy) is 1. The Labute approximate surface area is 252 Å². The molecular weight excluding hydrogens is 542 g/mol. The second kappa shape index (κ2) is 15.3. The zero-order valence-electron chi connectivity index (χ0n) is 24.0. The van der Waals surface area contributed by atoms with E-state index in [1.165, 1.54) is 5.56 Å². The summed E-state index contributed by atoms with van der Waals surface area (Å²) in [4.78, 5) is 27.2. The van der Waals surface area contributed by atoms with Crippen molar-refractivity contribution in [3.8, 4) is 11.3 Å². The minimum Gasteiger partial charge on any atom is -0.383 e. The quantitative estimate of drug-likeness (QED) is 0.132. The Hall–Kier alpha value is -3.98. The fraction of sp³-hybridized carbons (Fsp3) is 0.265. The van der Waals surface area contributed by atoms with Crippen LogP contribution in [0.4, 0.5) is 5.82 Å². The van der Waals surface area contributed by atoms with Gasteiger partial charge in [0.1, 0.15) is 5.82 Å². The fourth-order valence-electron chi connectivity index (χ4n) is 4.78.